The molecule has 1 aliphatic rings. The van der Waals surface area contributed by atoms with Crippen molar-refractivity contribution in [2.45, 2.75) is 26.1 Å². The van der Waals surface area contributed by atoms with Crippen molar-refractivity contribution < 1.29 is 27.9 Å². The molecule has 0 aliphatic carbocycles. The van der Waals surface area contributed by atoms with Gasteiger partial charge in [0.15, 0.2) is 0 Å². The number of halogens is 3. The Morgan fingerprint density at radius 3 is 2.06 bits per heavy atom. The van der Waals surface area contributed by atoms with Gasteiger partial charge in [0.2, 0.25) is 0 Å². The lowest BCUT2D eigenvalue weighted by atomic mass is 9.92. The Morgan fingerprint density at radius 2 is 1.48 bits per heavy atom. The number of hydrogen-bond acceptors (Lipinski definition) is 3. The van der Waals surface area contributed by atoms with Crippen LogP contribution < -0.4 is 4.90 Å². The molecule has 1 N–H and O–H groups in total. The van der Waals surface area contributed by atoms with Crippen LogP contribution in [0.15, 0.2) is 78.4 Å². The zero-order chi connectivity index (χ0) is 23.9. The predicted octanol–water partition coefficient (Wildman–Crippen LogP) is 5.95. The fraction of sp³-hybridized carbons (Fsp3) is 0.154. The van der Waals surface area contributed by atoms with Gasteiger partial charge in [-0.2, -0.15) is 13.2 Å². The number of amides is 1. The molecule has 0 bridgehead atoms. The number of carbonyl (C=O) groups is 2. The van der Waals surface area contributed by atoms with Gasteiger partial charge in [0.25, 0.3) is 11.7 Å². The maximum Gasteiger partial charge on any atom is 0.416 e. The normalized spacial score (nSPS) is 18.1. The number of hydrogen-bond donors (Lipinski definition) is 1. The molecule has 0 spiro atoms. The number of ketones is 1. The summed E-state index contributed by atoms with van der Waals surface area (Å²) in [6, 6.07) is 16.9. The van der Waals surface area contributed by atoms with E-state index in [0.29, 0.717) is 11.1 Å². The first kappa shape index (κ1) is 22.3. The summed E-state index contributed by atoms with van der Waals surface area (Å²) >= 11 is 0. The highest BCUT2D eigenvalue weighted by molar-refractivity contribution is 6.51. The van der Waals surface area contributed by atoms with Crippen molar-refractivity contribution in [2.24, 2.45) is 0 Å². The summed E-state index contributed by atoms with van der Waals surface area (Å²) in [7, 11) is 0. The van der Waals surface area contributed by atoms with Crippen LogP contribution in [0.3, 0.4) is 0 Å². The number of rotatable bonds is 3. The topological polar surface area (TPSA) is 57.6 Å². The molecule has 1 aliphatic heterocycles. The van der Waals surface area contributed by atoms with Crippen molar-refractivity contribution in [3.63, 3.8) is 0 Å². The molecule has 0 saturated carbocycles. The minimum absolute atomic E-state index is 0.113. The van der Waals surface area contributed by atoms with Crippen LogP contribution in [0.5, 0.6) is 0 Å². The number of benzene rings is 3. The van der Waals surface area contributed by atoms with Gasteiger partial charge in [-0.05, 0) is 49.2 Å². The van der Waals surface area contributed by atoms with Gasteiger partial charge in [0.1, 0.15) is 5.76 Å². The van der Waals surface area contributed by atoms with Gasteiger partial charge in [0, 0.05) is 11.3 Å². The van der Waals surface area contributed by atoms with Crippen LogP contribution in [0, 0.1) is 13.8 Å². The summed E-state index contributed by atoms with van der Waals surface area (Å²) in [6.07, 6.45) is -4.53. The van der Waals surface area contributed by atoms with Gasteiger partial charge in [-0.15, -0.1) is 0 Å². The fourth-order valence-electron chi connectivity index (χ4n) is 3.96. The molecule has 1 amide bonds. The second-order valence-corrected chi connectivity index (χ2v) is 7.94. The smallest absolute Gasteiger partial charge is 0.416 e. The Balaban J connectivity index is 1.92. The van der Waals surface area contributed by atoms with E-state index in [1.54, 1.807) is 55.5 Å². The molecule has 4 rings (SSSR count). The Kier molecular flexibility index (Phi) is 5.57. The van der Waals surface area contributed by atoms with Gasteiger partial charge >= 0.3 is 6.18 Å². The zero-order valence-corrected chi connectivity index (χ0v) is 17.9. The Bertz CT molecular complexity index is 1260. The van der Waals surface area contributed by atoms with Crippen molar-refractivity contribution in [2.75, 3.05) is 4.90 Å². The van der Waals surface area contributed by atoms with E-state index >= 15 is 0 Å². The molecule has 0 radical (unpaired) electrons. The molecule has 1 heterocycles. The standard InChI is InChI=1S/C26H20F3NO3/c1-15-7-9-17(10-8-15)23(31)21-22(20-6-4-3-5-16(20)2)30(25(33)24(21)32)19-13-11-18(12-14-19)26(27,28)29/h3-14,22,31H,1-2H3/b23-21+. The summed E-state index contributed by atoms with van der Waals surface area (Å²) in [5.74, 6) is -2.16. The highest BCUT2D eigenvalue weighted by atomic mass is 19.4. The second kappa shape index (κ2) is 8.24. The highest BCUT2D eigenvalue weighted by Gasteiger charge is 2.47. The van der Waals surface area contributed by atoms with Crippen molar-refractivity contribution in [1.29, 1.82) is 0 Å². The van der Waals surface area contributed by atoms with Crippen molar-refractivity contribution in [1.82, 2.24) is 0 Å². The number of aliphatic hydroxyl groups excluding tert-OH is 1. The number of aliphatic hydroxyl groups is 1. The number of alkyl halides is 3. The minimum atomic E-state index is -4.53. The van der Waals surface area contributed by atoms with Crippen LogP contribution in [0.2, 0.25) is 0 Å². The van der Waals surface area contributed by atoms with Crippen molar-refractivity contribution in [3.05, 3.63) is 106 Å². The summed E-state index contributed by atoms with van der Waals surface area (Å²) in [5.41, 5.74) is 1.81. The average molecular weight is 451 g/mol. The van der Waals surface area contributed by atoms with Crippen molar-refractivity contribution in [3.8, 4) is 0 Å². The van der Waals surface area contributed by atoms with E-state index in [-0.39, 0.29) is 17.0 Å². The van der Waals surface area contributed by atoms with Crippen LogP contribution in [0.4, 0.5) is 18.9 Å². The van der Waals surface area contributed by atoms with Crippen molar-refractivity contribution >= 4 is 23.1 Å². The first-order chi connectivity index (χ1) is 15.6. The predicted molar refractivity (Wildman–Crippen MR) is 119 cm³/mol. The second-order valence-electron chi connectivity index (χ2n) is 7.94. The van der Waals surface area contributed by atoms with Gasteiger partial charge < -0.3 is 5.11 Å². The van der Waals surface area contributed by atoms with Crippen LogP contribution in [0.1, 0.15) is 33.9 Å². The van der Waals surface area contributed by atoms with Gasteiger partial charge in [-0.25, -0.2) is 0 Å². The first-order valence-corrected chi connectivity index (χ1v) is 10.2. The molecule has 3 aromatic rings. The third-order valence-corrected chi connectivity index (χ3v) is 5.73. The first-order valence-electron chi connectivity index (χ1n) is 10.2. The van der Waals surface area contributed by atoms with E-state index in [9.17, 15) is 27.9 Å². The monoisotopic (exact) mass is 451 g/mol. The molecule has 168 valence electrons. The summed E-state index contributed by atoms with van der Waals surface area (Å²) in [5, 5.41) is 11.1. The van der Waals surface area contributed by atoms with Crippen LogP contribution in [0.25, 0.3) is 5.76 Å². The molecule has 1 saturated heterocycles. The zero-order valence-electron chi connectivity index (χ0n) is 17.9. The van der Waals surface area contributed by atoms with Crippen LogP contribution >= 0.6 is 0 Å². The molecule has 1 fully saturated rings. The third kappa shape index (κ3) is 4.02. The molecular formula is C26H20F3NO3. The molecule has 1 unspecified atom stereocenters. The number of anilines is 1. The van der Waals surface area contributed by atoms with E-state index in [2.05, 4.69) is 0 Å². The number of aryl methyl sites for hydroxylation is 2. The molecule has 4 nitrogen and oxygen atoms in total. The maximum atomic E-state index is 13.1. The molecule has 3 aromatic carbocycles. The Morgan fingerprint density at radius 1 is 0.879 bits per heavy atom. The Labute approximate surface area is 188 Å². The number of nitrogens with zero attached hydrogens (tertiary/aromatic N) is 1. The summed E-state index contributed by atoms with van der Waals surface area (Å²) in [6.45, 7) is 3.68. The summed E-state index contributed by atoms with van der Waals surface area (Å²) < 4.78 is 39.1. The quantitative estimate of drug-likeness (QED) is 0.304. The largest absolute Gasteiger partial charge is 0.507 e. The highest BCUT2D eigenvalue weighted by Crippen LogP contribution is 2.43. The van der Waals surface area contributed by atoms with E-state index in [1.165, 1.54) is 0 Å². The number of carbonyl (C=O) groups excluding carboxylic acids is 2. The molecule has 33 heavy (non-hydrogen) atoms. The van der Waals surface area contributed by atoms with E-state index in [0.717, 1.165) is 40.3 Å². The fourth-order valence-corrected chi connectivity index (χ4v) is 3.96. The van der Waals surface area contributed by atoms with Gasteiger partial charge in [-0.1, -0.05) is 54.1 Å². The molecular weight excluding hydrogens is 431 g/mol. The van der Waals surface area contributed by atoms with Gasteiger partial charge in [-0.3, -0.25) is 14.5 Å². The van der Waals surface area contributed by atoms with Crippen LogP contribution in [-0.2, 0) is 15.8 Å². The van der Waals surface area contributed by atoms with E-state index in [1.807, 2.05) is 6.92 Å². The molecule has 7 heteroatoms. The minimum Gasteiger partial charge on any atom is -0.507 e. The lowest BCUT2D eigenvalue weighted by Gasteiger charge is -2.27. The average Bonchev–Trinajstić information content (AvgIpc) is 3.04. The lowest BCUT2D eigenvalue weighted by molar-refractivity contribution is -0.137. The van der Waals surface area contributed by atoms with E-state index in [4.69, 9.17) is 0 Å². The van der Waals surface area contributed by atoms with Gasteiger partial charge in [0.05, 0.1) is 17.2 Å². The SMILES string of the molecule is Cc1ccc(/C(O)=C2\C(=O)C(=O)N(c3ccc(C(F)(F)F)cc3)C2c2ccccc2C)cc1. The maximum absolute atomic E-state index is 13.1. The summed E-state index contributed by atoms with van der Waals surface area (Å²) in [4.78, 5) is 27.3. The van der Waals surface area contributed by atoms with E-state index < -0.39 is 29.5 Å². The molecule has 0 aromatic heterocycles. The Hall–Kier alpha value is -3.87. The number of Topliss-reactive ketones (excluding diaryl/α,β-unsaturated/α-hetero) is 1. The third-order valence-electron chi connectivity index (χ3n) is 5.73. The van der Waals surface area contributed by atoms with Crippen LogP contribution in [-0.4, -0.2) is 16.8 Å². The lowest BCUT2D eigenvalue weighted by Crippen LogP contribution is -2.29. The molecule has 1 atom stereocenters.